The smallest absolute Gasteiger partial charge is 0.283 e. The van der Waals surface area contributed by atoms with Gasteiger partial charge in [0.15, 0.2) is 5.03 Å². The van der Waals surface area contributed by atoms with Crippen molar-refractivity contribution in [3.8, 4) is 0 Å². The number of hydrogen-bond donors (Lipinski definition) is 1. The Hall–Kier alpha value is -4.84. The molecule has 54 heavy (non-hydrogen) atoms. The van der Waals surface area contributed by atoms with E-state index in [0.29, 0.717) is 41.8 Å². The Morgan fingerprint density at radius 2 is 1.41 bits per heavy atom. The first-order valence-corrected chi connectivity index (χ1v) is 20.2. The fourth-order valence-electron chi connectivity index (χ4n) is 6.34. The Morgan fingerprint density at radius 3 is 2.02 bits per heavy atom. The molecule has 13 heteroatoms. The molecule has 10 nitrogen and oxygen atoms in total. The number of nitrogens with zero attached hydrogens (tertiary/aromatic N) is 5. The van der Waals surface area contributed by atoms with Crippen molar-refractivity contribution in [3.63, 3.8) is 0 Å². The number of benzene rings is 4. The second kappa shape index (κ2) is 17.5. The van der Waals surface area contributed by atoms with Crippen LogP contribution >= 0.6 is 23.2 Å². The van der Waals surface area contributed by atoms with E-state index in [1.807, 2.05) is 58.3 Å². The lowest BCUT2D eigenvalue weighted by Gasteiger charge is -2.31. The molecule has 0 saturated carbocycles. The van der Waals surface area contributed by atoms with Crippen molar-refractivity contribution in [2.45, 2.75) is 44.3 Å². The van der Waals surface area contributed by atoms with Crippen molar-refractivity contribution in [2.75, 3.05) is 35.8 Å². The molecule has 2 amide bonds. The van der Waals surface area contributed by atoms with Gasteiger partial charge in [0.25, 0.3) is 21.8 Å². The molecule has 5 aromatic rings. The average Bonchev–Trinajstić information content (AvgIpc) is 3.61. The van der Waals surface area contributed by atoms with Gasteiger partial charge in [-0.25, -0.2) is 0 Å². The number of rotatable bonds is 10. The average molecular weight is 788 g/mol. The maximum atomic E-state index is 13.6. The first-order valence-electron chi connectivity index (χ1n) is 18.0. The molecule has 1 aromatic heterocycles. The zero-order valence-electron chi connectivity index (χ0n) is 30.4. The predicted octanol–water partition coefficient (Wildman–Crippen LogP) is 8.14. The van der Waals surface area contributed by atoms with Crippen molar-refractivity contribution < 1.29 is 18.0 Å². The van der Waals surface area contributed by atoms with Gasteiger partial charge in [-0.3, -0.25) is 18.6 Å². The number of sulfonamides is 1. The van der Waals surface area contributed by atoms with Gasteiger partial charge < -0.3 is 15.1 Å². The van der Waals surface area contributed by atoms with Crippen molar-refractivity contribution >= 4 is 56.4 Å². The van der Waals surface area contributed by atoms with E-state index in [4.69, 9.17) is 23.2 Å². The molecule has 282 valence electrons. The fraction of sp³-hybridized carbons (Fsp3) is 0.293. The molecule has 1 atom stereocenters. The van der Waals surface area contributed by atoms with E-state index in [2.05, 4.69) is 17.3 Å². The van der Waals surface area contributed by atoms with Gasteiger partial charge in [-0.1, -0.05) is 66.5 Å². The Labute approximate surface area is 327 Å². The highest BCUT2D eigenvalue weighted by molar-refractivity contribution is 7.92. The van der Waals surface area contributed by atoms with Crippen LogP contribution in [0.3, 0.4) is 0 Å². The summed E-state index contributed by atoms with van der Waals surface area (Å²) in [5.74, 6) is 0.498. The fourth-order valence-corrected chi connectivity index (χ4v) is 7.99. The van der Waals surface area contributed by atoms with Crippen LogP contribution in [0.1, 0.15) is 58.0 Å². The van der Waals surface area contributed by atoms with Crippen molar-refractivity contribution in [1.29, 1.82) is 0 Å². The Morgan fingerprint density at radius 1 is 0.796 bits per heavy atom. The summed E-state index contributed by atoms with van der Waals surface area (Å²) >= 11 is 11.9. The monoisotopic (exact) mass is 786 g/mol. The van der Waals surface area contributed by atoms with E-state index < -0.39 is 10.0 Å². The van der Waals surface area contributed by atoms with Crippen LogP contribution in [0.5, 0.6) is 0 Å². The highest BCUT2D eigenvalue weighted by atomic mass is 35.5. The Kier molecular flexibility index (Phi) is 12.6. The largest absolute Gasteiger partial charge is 0.381 e. The van der Waals surface area contributed by atoms with Gasteiger partial charge in [-0.15, -0.1) is 0 Å². The highest BCUT2D eigenvalue weighted by Gasteiger charge is 2.29. The number of carbonyl (C=O) groups is 2. The van der Waals surface area contributed by atoms with Gasteiger partial charge in [-0.05, 0) is 103 Å². The van der Waals surface area contributed by atoms with Crippen LogP contribution < -0.4 is 9.62 Å². The summed E-state index contributed by atoms with van der Waals surface area (Å²) in [4.78, 5) is 29.1. The molecule has 1 N–H and O–H groups in total. The van der Waals surface area contributed by atoms with Gasteiger partial charge in [-0.2, -0.15) is 13.5 Å². The molecule has 2 aliphatic heterocycles. The van der Waals surface area contributed by atoms with Gasteiger partial charge in [0.05, 0.1) is 12.2 Å². The number of likely N-dealkylation sites (tertiary alicyclic amines) is 2. The van der Waals surface area contributed by atoms with Crippen LogP contribution in [0.2, 0.25) is 10.0 Å². The number of amides is 2. The van der Waals surface area contributed by atoms with E-state index in [1.165, 1.54) is 15.1 Å². The minimum atomic E-state index is -3.97. The van der Waals surface area contributed by atoms with Crippen LogP contribution in [-0.4, -0.2) is 66.0 Å². The Balaban J connectivity index is 0.000000203. The topological polar surface area (TPSA) is 108 Å². The molecular weight excluding hydrogens is 743 g/mol. The van der Waals surface area contributed by atoms with E-state index in [-0.39, 0.29) is 23.4 Å². The maximum Gasteiger partial charge on any atom is 0.283 e. The predicted molar refractivity (Wildman–Crippen MR) is 215 cm³/mol. The zero-order valence-corrected chi connectivity index (χ0v) is 32.7. The van der Waals surface area contributed by atoms with Crippen molar-refractivity contribution in [2.24, 2.45) is 13.0 Å². The molecule has 7 rings (SSSR count). The normalized spacial score (nSPS) is 15.4. The summed E-state index contributed by atoms with van der Waals surface area (Å²) in [6.07, 6.45) is 4.79. The third-order valence-corrected chi connectivity index (χ3v) is 11.6. The van der Waals surface area contributed by atoms with Crippen LogP contribution in [0.4, 0.5) is 11.4 Å². The van der Waals surface area contributed by atoms with E-state index >= 15 is 0 Å². The first-order chi connectivity index (χ1) is 26.0. The molecule has 2 fully saturated rings. The summed E-state index contributed by atoms with van der Waals surface area (Å²) in [6.45, 7) is 6.11. The third-order valence-electron chi connectivity index (χ3n) is 9.47. The molecule has 0 radical (unpaired) electrons. The van der Waals surface area contributed by atoms with Crippen LogP contribution in [0.25, 0.3) is 0 Å². The lowest BCUT2D eigenvalue weighted by molar-refractivity contribution is 0.0650. The number of aryl methyl sites for hydroxylation is 1. The van der Waals surface area contributed by atoms with Gasteiger partial charge in [0.1, 0.15) is 0 Å². The van der Waals surface area contributed by atoms with E-state index in [9.17, 15) is 18.0 Å². The van der Waals surface area contributed by atoms with E-state index in [0.717, 1.165) is 59.8 Å². The molecule has 0 bridgehead atoms. The summed E-state index contributed by atoms with van der Waals surface area (Å²) in [7, 11) is -2.31. The van der Waals surface area contributed by atoms with Gasteiger partial charge in [0.2, 0.25) is 0 Å². The third kappa shape index (κ3) is 9.82. The Bertz CT molecular complexity index is 2170. The molecule has 3 heterocycles. The molecule has 0 spiro atoms. The zero-order chi connectivity index (χ0) is 38.2. The van der Waals surface area contributed by atoms with Crippen molar-refractivity contribution in [3.05, 3.63) is 142 Å². The standard InChI is InChI=1S/C24H27ClN4O3S.C17H17ClN2O/c1-18-5-4-13-28(16-18)24(30)20-6-3-7-22(15-20)29(17-19-8-10-21(25)11-9-19)33(31,32)23-12-14-27(2)26-23;18-15-7-5-13(6-8-15)12-19-16-4-1-3-14(11-16)17(21)20-9-2-10-20/h3,6-12,14-15,18H,4-5,13,16-17H2,1-2H3;1,3-8,11,19H,2,9-10,12H2. The molecular formula is C41H44Cl2N6O4S. The number of nitrogens with one attached hydrogen (secondary N) is 1. The van der Waals surface area contributed by atoms with Gasteiger partial charge in [0, 0.05) is 72.8 Å². The highest BCUT2D eigenvalue weighted by Crippen LogP contribution is 2.28. The number of piperidine rings is 1. The van der Waals surface area contributed by atoms with Crippen LogP contribution in [0, 0.1) is 5.92 Å². The summed E-state index contributed by atoms with van der Waals surface area (Å²) in [6, 6.07) is 30.7. The summed E-state index contributed by atoms with van der Waals surface area (Å²) in [5, 5.41) is 8.70. The lowest BCUT2D eigenvalue weighted by Crippen LogP contribution is -2.42. The quantitative estimate of drug-likeness (QED) is 0.153. The summed E-state index contributed by atoms with van der Waals surface area (Å²) < 4.78 is 29.9. The minimum absolute atomic E-state index is 0.0550. The number of hydrogen-bond acceptors (Lipinski definition) is 6. The number of aromatic nitrogens is 2. The SMILES string of the molecule is CC1CCCN(C(=O)c2cccc(N(Cc3ccc(Cl)cc3)S(=O)(=O)c3ccn(C)n3)c2)C1.O=C(c1cccc(NCc2ccc(Cl)cc2)c1)N1CCC1. The molecule has 4 aromatic carbocycles. The molecule has 2 saturated heterocycles. The van der Waals surface area contributed by atoms with Crippen LogP contribution in [0.15, 0.2) is 114 Å². The molecule has 0 aliphatic carbocycles. The second-order valence-electron chi connectivity index (χ2n) is 13.7. The lowest BCUT2D eigenvalue weighted by atomic mass is 9.99. The summed E-state index contributed by atoms with van der Waals surface area (Å²) in [5.41, 5.74) is 4.50. The van der Waals surface area contributed by atoms with Crippen molar-refractivity contribution in [1.82, 2.24) is 19.6 Å². The first kappa shape index (κ1) is 38.9. The van der Waals surface area contributed by atoms with E-state index in [1.54, 1.807) is 61.8 Å². The van der Waals surface area contributed by atoms with Gasteiger partial charge >= 0.3 is 0 Å². The molecule has 1 unspecified atom stereocenters. The minimum Gasteiger partial charge on any atom is -0.381 e. The molecule has 2 aliphatic rings. The number of halogens is 2. The number of anilines is 2. The maximum absolute atomic E-state index is 13.6. The number of carbonyl (C=O) groups excluding carboxylic acids is 2. The van der Waals surface area contributed by atoms with Crippen LogP contribution in [-0.2, 0) is 30.2 Å². The second-order valence-corrected chi connectivity index (χ2v) is 16.4.